The fourth-order valence-corrected chi connectivity index (χ4v) is 4.70. The molecule has 2 heterocycles. The van der Waals surface area contributed by atoms with Gasteiger partial charge in [-0.2, -0.15) is 0 Å². The van der Waals surface area contributed by atoms with Gasteiger partial charge in [0.1, 0.15) is 12.7 Å². The van der Waals surface area contributed by atoms with Crippen molar-refractivity contribution < 1.29 is 24.2 Å². The second kappa shape index (κ2) is 9.25. The number of fused-ring (bicyclic) bond motifs is 2. The number of carboxylic acids is 1. The van der Waals surface area contributed by atoms with Crippen LogP contribution in [-0.4, -0.2) is 53.4 Å². The van der Waals surface area contributed by atoms with Crippen molar-refractivity contribution in [3.05, 3.63) is 78.1 Å². The van der Waals surface area contributed by atoms with Crippen LogP contribution in [0.2, 0.25) is 0 Å². The highest BCUT2D eigenvalue weighted by Crippen LogP contribution is 2.31. The molecule has 0 amide bonds. The molecule has 0 bridgehead atoms. The number of benzene rings is 3. The maximum absolute atomic E-state index is 11.2. The Morgan fingerprint density at radius 2 is 1.76 bits per heavy atom. The summed E-state index contributed by atoms with van der Waals surface area (Å²) in [4.78, 5) is 13.4. The number of nitrogens with zero attached hydrogens (tertiary/aromatic N) is 1. The number of piperidine rings is 1. The number of ether oxygens (including phenoxy) is 1. The molecule has 0 aliphatic carbocycles. The van der Waals surface area contributed by atoms with Crippen LogP contribution in [0, 0.1) is 0 Å². The molecule has 33 heavy (non-hydrogen) atoms. The number of rotatable bonds is 7. The van der Waals surface area contributed by atoms with Gasteiger partial charge in [-0.3, -0.25) is 0 Å². The van der Waals surface area contributed by atoms with E-state index in [1.54, 1.807) is 18.2 Å². The largest absolute Gasteiger partial charge is 0.487 e. The Morgan fingerprint density at radius 3 is 2.55 bits per heavy atom. The minimum Gasteiger partial charge on any atom is -0.487 e. The lowest BCUT2D eigenvalue weighted by molar-refractivity contribution is 0.0593. The summed E-state index contributed by atoms with van der Waals surface area (Å²) in [5.41, 5.74) is 1.78. The standard InChI is InChI=1S/C27H27NO5/c29-23(17-32-24-7-3-6-22-15-25(27(30)31)33-26(22)24)16-28-12-10-19(11-13-28)21-9-8-18-4-1-2-5-20(18)14-21/h1-9,14-15,19,23,29H,10-13,16-17H2,(H,30,31). The number of hydrogen-bond donors (Lipinski definition) is 2. The summed E-state index contributed by atoms with van der Waals surface area (Å²) in [5, 5.41) is 22.9. The van der Waals surface area contributed by atoms with Gasteiger partial charge in [0, 0.05) is 11.9 Å². The minimum absolute atomic E-state index is 0.118. The molecule has 1 aliphatic rings. The van der Waals surface area contributed by atoms with E-state index >= 15 is 0 Å². The first kappa shape index (κ1) is 21.5. The van der Waals surface area contributed by atoms with Gasteiger partial charge in [0.25, 0.3) is 0 Å². The zero-order chi connectivity index (χ0) is 22.8. The van der Waals surface area contributed by atoms with Gasteiger partial charge in [-0.05, 0) is 60.3 Å². The Morgan fingerprint density at radius 1 is 1.00 bits per heavy atom. The molecule has 6 nitrogen and oxygen atoms in total. The fraction of sp³-hybridized carbons (Fsp3) is 0.296. The summed E-state index contributed by atoms with van der Waals surface area (Å²) in [6.45, 7) is 2.53. The number of aliphatic hydroxyl groups is 1. The molecule has 1 fully saturated rings. The molecule has 4 aromatic rings. The summed E-state index contributed by atoms with van der Waals surface area (Å²) >= 11 is 0. The van der Waals surface area contributed by atoms with E-state index in [1.165, 1.54) is 22.4 Å². The molecule has 5 rings (SSSR count). The molecular formula is C27H27NO5. The van der Waals surface area contributed by atoms with E-state index in [1.807, 2.05) is 0 Å². The van der Waals surface area contributed by atoms with Crippen LogP contribution in [-0.2, 0) is 0 Å². The normalized spacial score (nSPS) is 16.3. The van der Waals surface area contributed by atoms with Gasteiger partial charge in [-0.25, -0.2) is 4.79 Å². The van der Waals surface area contributed by atoms with Crippen molar-refractivity contribution in [1.29, 1.82) is 0 Å². The Bertz CT molecular complexity index is 1270. The molecule has 1 atom stereocenters. The maximum Gasteiger partial charge on any atom is 0.371 e. The first-order valence-electron chi connectivity index (χ1n) is 11.3. The third kappa shape index (κ3) is 4.72. The minimum atomic E-state index is -1.12. The number of furan rings is 1. The van der Waals surface area contributed by atoms with E-state index < -0.39 is 12.1 Å². The number of aliphatic hydroxyl groups excluding tert-OH is 1. The lowest BCUT2D eigenvalue weighted by Gasteiger charge is -2.33. The summed E-state index contributed by atoms with van der Waals surface area (Å²) in [5.74, 6) is -0.270. The second-order valence-electron chi connectivity index (χ2n) is 8.74. The fourth-order valence-electron chi connectivity index (χ4n) is 4.70. The van der Waals surface area contributed by atoms with Crippen molar-refractivity contribution >= 4 is 27.7 Å². The monoisotopic (exact) mass is 445 g/mol. The molecule has 3 aromatic carbocycles. The van der Waals surface area contributed by atoms with E-state index in [2.05, 4.69) is 47.4 Å². The van der Waals surface area contributed by atoms with Gasteiger partial charge in [0.05, 0.1) is 0 Å². The first-order valence-corrected chi connectivity index (χ1v) is 11.3. The van der Waals surface area contributed by atoms with Crippen LogP contribution in [0.3, 0.4) is 0 Å². The Hall–Kier alpha value is -3.35. The van der Waals surface area contributed by atoms with Crippen LogP contribution in [0.1, 0.15) is 34.9 Å². The summed E-state index contributed by atoms with van der Waals surface area (Å²) < 4.78 is 11.2. The summed E-state index contributed by atoms with van der Waals surface area (Å²) in [6.07, 6.45) is 1.48. The summed E-state index contributed by atoms with van der Waals surface area (Å²) in [7, 11) is 0. The predicted octanol–water partition coefficient (Wildman–Crippen LogP) is 4.90. The van der Waals surface area contributed by atoms with E-state index in [0.717, 1.165) is 25.9 Å². The highest BCUT2D eigenvalue weighted by molar-refractivity contribution is 5.93. The molecule has 1 aliphatic heterocycles. The van der Waals surface area contributed by atoms with E-state index in [0.29, 0.717) is 29.2 Å². The third-order valence-corrected chi connectivity index (χ3v) is 6.45. The van der Waals surface area contributed by atoms with Crippen LogP contribution < -0.4 is 4.74 Å². The van der Waals surface area contributed by atoms with Gasteiger partial charge in [-0.15, -0.1) is 0 Å². The van der Waals surface area contributed by atoms with Crippen LogP contribution in [0.4, 0.5) is 0 Å². The molecule has 6 heteroatoms. The number of aromatic carboxylic acids is 1. The average Bonchev–Trinajstić information content (AvgIpc) is 3.28. The van der Waals surface area contributed by atoms with Gasteiger partial charge in [0.2, 0.25) is 5.76 Å². The van der Waals surface area contributed by atoms with Crippen LogP contribution in [0.15, 0.2) is 71.1 Å². The van der Waals surface area contributed by atoms with Gasteiger partial charge < -0.3 is 24.3 Å². The number of carboxylic acid groups (broad SMARTS) is 1. The average molecular weight is 446 g/mol. The van der Waals surface area contributed by atoms with Gasteiger partial charge >= 0.3 is 5.97 Å². The zero-order valence-corrected chi connectivity index (χ0v) is 18.3. The number of likely N-dealkylation sites (tertiary alicyclic amines) is 1. The molecule has 1 unspecified atom stereocenters. The number of carbonyl (C=O) groups is 1. The molecule has 0 saturated carbocycles. The van der Waals surface area contributed by atoms with Crippen molar-refractivity contribution in [2.45, 2.75) is 24.9 Å². The highest BCUT2D eigenvalue weighted by Gasteiger charge is 2.23. The topological polar surface area (TPSA) is 83.1 Å². The molecule has 1 saturated heterocycles. The van der Waals surface area contributed by atoms with Crippen molar-refractivity contribution in [1.82, 2.24) is 4.90 Å². The molecule has 2 N–H and O–H groups in total. The van der Waals surface area contributed by atoms with Gasteiger partial charge in [0.15, 0.2) is 11.3 Å². The lowest BCUT2D eigenvalue weighted by Crippen LogP contribution is -2.40. The van der Waals surface area contributed by atoms with E-state index in [9.17, 15) is 9.90 Å². The van der Waals surface area contributed by atoms with E-state index in [4.69, 9.17) is 14.3 Å². The molecule has 170 valence electrons. The smallest absolute Gasteiger partial charge is 0.371 e. The molecular weight excluding hydrogens is 418 g/mol. The third-order valence-electron chi connectivity index (χ3n) is 6.45. The maximum atomic E-state index is 11.2. The Balaban J connectivity index is 1.14. The van der Waals surface area contributed by atoms with Crippen molar-refractivity contribution in [3.63, 3.8) is 0 Å². The predicted molar refractivity (Wildman–Crippen MR) is 127 cm³/mol. The lowest BCUT2D eigenvalue weighted by atomic mass is 9.88. The first-order chi connectivity index (χ1) is 16.1. The highest BCUT2D eigenvalue weighted by atomic mass is 16.5. The van der Waals surface area contributed by atoms with Gasteiger partial charge in [-0.1, -0.05) is 54.6 Å². The van der Waals surface area contributed by atoms with Crippen molar-refractivity contribution in [3.8, 4) is 5.75 Å². The van der Waals surface area contributed by atoms with Crippen LogP contribution in [0.5, 0.6) is 5.75 Å². The number of β-amino-alcohol motifs (C(OH)–C–C–N with tert-alkyl or cyclic N) is 1. The van der Waals surface area contributed by atoms with Crippen molar-refractivity contribution in [2.24, 2.45) is 0 Å². The quantitative estimate of drug-likeness (QED) is 0.421. The SMILES string of the molecule is O=C(O)c1cc2cccc(OCC(O)CN3CCC(c4ccc5ccccc5c4)CC3)c2o1. The Labute approximate surface area is 192 Å². The molecule has 0 radical (unpaired) electrons. The summed E-state index contributed by atoms with van der Waals surface area (Å²) in [6, 6.07) is 22.0. The second-order valence-corrected chi connectivity index (χ2v) is 8.74. The molecule has 1 aromatic heterocycles. The molecule has 0 spiro atoms. The van der Waals surface area contributed by atoms with E-state index in [-0.39, 0.29) is 12.4 Å². The van der Waals surface area contributed by atoms with Crippen molar-refractivity contribution in [2.75, 3.05) is 26.2 Å². The number of hydrogen-bond acceptors (Lipinski definition) is 5. The number of para-hydroxylation sites is 1. The Kier molecular flexibility index (Phi) is 6.03. The zero-order valence-electron chi connectivity index (χ0n) is 18.3. The van der Waals surface area contributed by atoms with Crippen LogP contribution >= 0.6 is 0 Å². The van der Waals surface area contributed by atoms with Crippen LogP contribution in [0.25, 0.3) is 21.7 Å².